The molecule has 3 amide bonds. The number of carbonyl (C=O) groups is 2. The van der Waals surface area contributed by atoms with Crippen LogP contribution in [0.3, 0.4) is 0 Å². The van der Waals surface area contributed by atoms with E-state index in [1.165, 1.54) is 4.88 Å². The van der Waals surface area contributed by atoms with Gasteiger partial charge in [-0.2, -0.15) is 0 Å². The zero-order valence-corrected chi connectivity index (χ0v) is 16.9. The number of hydrogen-bond acceptors (Lipinski definition) is 4. The molecule has 3 saturated heterocycles. The number of urea groups is 1. The molecule has 3 aliphatic heterocycles. The Morgan fingerprint density at radius 1 is 1.26 bits per heavy atom. The fourth-order valence-electron chi connectivity index (χ4n) is 4.78. The Kier molecular flexibility index (Phi) is 5.68. The first-order valence-corrected chi connectivity index (χ1v) is 11.0. The molecule has 27 heavy (non-hydrogen) atoms. The van der Waals surface area contributed by atoms with Crippen molar-refractivity contribution in [1.82, 2.24) is 20.0 Å². The van der Waals surface area contributed by atoms with Crippen LogP contribution < -0.4 is 5.32 Å². The van der Waals surface area contributed by atoms with Crippen molar-refractivity contribution < 1.29 is 9.59 Å². The summed E-state index contributed by atoms with van der Waals surface area (Å²) in [5, 5.41) is 5.30. The van der Waals surface area contributed by atoms with Gasteiger partial charge in [0, 0.05) is 38.1 Å². The summed E-state index contributed by atoms with van der Waals surface area (Å²) in [7, 11) is 1.85. The first kappa shape index (κ1) is 18.7. The second-order valence-corrected chi connectivity index (χ2v) is 9.25. The van der Waals surface area contributed by atoms with Gasteiger partial charge < -0.3 is 15.1 Å². The summed E-state index contributed by atoms with van der Waals surface area (Å²) in [5.41, 5.74) is 0. The molecule has 7 heteroatoms. The molecule has 148 valence electrons. The summed E-state index contributed by atoms with van der Waals surface area (Å²) in [6, 6.07) is 4.40. The zero-order valence-electron chi connectivity index (χ0n) is 16.1. The number of likely N-dealkylation sites (tertiary alicyclic amines) is 3. The molecule has 3 aliphatic rings. The molecular weight excluding hydrogens is 360 g/mol. The predicted octanol–water partition coefficient (Wildman–Crippen LogP) is 2.22. The number of fused-ring (bicyclic) bond motifs is 1. The van der Waals surface area contributed by atoms with E-state index in [1.807, 2.05) is 23.3 Å². The first-order chi connectivity index (χ1) is 13.1. The summed E-state index contributed by atoms with van der Waals surface area (Å²) < 4.78 is 0. The molecule has 1 aromatic heterocycles. The molecule has 2 atom stereocenters. The van der Waals surface area contributed by atoms with E-state index < -0.39 is 0 Å². The molecule has 0 saturated carbocycles. The topological polar surface area (TPSA) is 55.9 Å². The smallest absolute Gasteiger partial charge is 0.317 e. The highest BCUT2D eigenvalue weighted by Gasteiger charge is 2.45. The van der Waals surface area contributed by atoms with Crippen molar-refractivity contribution in [2.75, 3.05) is 39.8 Å². The van der Waals surface area contributed by atoms with Gasteiger partial charge in [-0.25, -0.2) is 4.79 Å². The lowest BCUT2D eigenvalue weighted by atomic mass is 9.92. The van der Waals surface area contributed by atoms with E-state index in [4.69, 9.17) is 0 Å². The minimum atomic E-state index is 0.00925. The third-order valence-corrected chi connectivity index (χ3v) is 7.26. The summed E-state index contributed by atoms with van der Waals surface area (Å²) >= 11 is 1.82. The minimum Gasteiger partial charge on any atom is -0.343 e. The number of carbonyl (C=O) groups excluding carboxylic acids is 2. The van der Waals surface area contributed by atoms with Crippen LogP contribution in [0, 0.1) is 11.8 Å². The number of hydrogen-bond donors (Lipinski definition) is 1. The Morgan fingerprint density at radius 3 is 2.81 bits per heavy atom. The number of amides is 3. The van der Waals surface area contributed by atoms with E-state index in [9.17, 15) is 9.59 Å². The fraction of sp³-hybridized carbons (Fsp3) is 0.700. The lowest BCUT2D eigenvalue weighted by Gasteiger charge is -2.37. The molecule has 4 heterocycles. The second-order valence-electron chi connectivity index (χ2n) is 8.21. The van der Waals surface area contributed by atoms with E-state index >= 15 is 0 Å². The molecule has 4 rings (SSSR count). The van der Waals surface area contributed by atoms with Crippen LogP contribution >= 0.6 is 11.3 Å². The first-order valence-electron chi connectivity index (χ1n) is 10.2. The number of thiophene rings is 1. The Balaban J connectivity index is 1.22. The van der Waals surface area contributed by atoms with Gasteiger partial charge in [0.05, 0.1) is 12.0 Å². The van der Waals surface area contributed by atoms with Gasteiger partial charge in [-0.15, -0.1) is 11.3 Å². The molecule has 0 unspecified atom stereocenters. The van der Waals surface area contributed by atoms with Crippen molar-refractivity contribution in [2.45, 2.75) is 38.3 Å². The average Bonchev–Trinajstić information content (AvgIpc) is 3.29. The van der Waals surface area contributed by atoms with Gasteiger partial charge in [-0.05, 0) is 56.1 Å². The maximum atomic E-state index is 12.7. The summed E-state index contributed by atoms with van der Waals surface area (Å²) in [5.74, 6) is 0.771. The molecule has 1 aromatic rings. The van der Waals surface area contributed by atoms with Crippen LogP contribution in [0.15, 0.2) is 17.5 Å². The summed E-state index contributed by atoms with van der Waals surface area (Å²) in [6.45, 7) is 5.46. The van der Waals surface area contributed by atoms with E-state index in [1.54, 1.807) is 4.90 Å². The highest BCUT2D eigenvalue weighted by Crippen LogP contribution is 2.31. The van der Waals surface area contributed by atoms with E-state index in [2.05, 4.69) is 27.7 Å². The number of nitrogens with one attached hydrogen (secondary N) is 1. The average molecular weight is 391 g/mol. The quantitative estimate of drug-likeness (QED) is 0.858. The van der Waals surface area contributed by atoms with Crippen molar-refractivity contribution in [3.05, 3.63) is 22.4 Å². The Morgan fingerprint density at radius 2 is 2.07 bits per heavy atom. The number of nitrogens with zero attached hydrogens (tertiary/aromatic N) is 3. The van der Waals surface area contributed by atoms with E-state index in [0.29, 0.717) is 12.5 Å². The third-order valence-electron chi connectivity index (χ3n) is 6.40. The Hall–Kier alpha value is -1.60. The normalized spacial score (nSPS) is 27.1. The van der Waals surface area contributed by atoms with Crippen LogP contribution in [-0.2, 0) is 11.3 Å². The van der Waals surface area contributed by atoms with Crippen molar-refractivity contribution >= 4 is 23.3 Å². The van der Waals surface area contributed by atoms with Gasteiger partial charge in [-0.1, -0.05) is 6.07 Å². The van der Waals surface area contributed by atoms with Gasteiger partial charge in [0.15, 0.2) is 0 Å². The Labute approximate surface area is 165 Å². The van der Waals surface area contributed by atoms with Crippen molar-refractivity contribution in [3.8, 4) is 0 Å². The second kappa shape index (κ2) is 8.19. The van der Waals surface area contributed by atoms with Gasteiger partial charge in [0.2, 0.25) is 5.91 Å². The molecule has 0 radical (unpaired) electrons. The monoisotopic (exact) mass is 390 g/mol. The molecular formula is C20H30N4O2S. The number of piperidine rings is 2. The van der Waals surface area contributed by atoms with Crippen LogP contribution in [-0.4, -0.2) is 72.5 Å². The third kappa shape index (κ3) is 4.14. The Bertz CT molecular complexity index is 657. The van der Waals surface area contributed by atoms with Gasteiger partial charge >= 0.3 is 6.03 Å². The lowest BCUT2D eigenvalue weighted by molar-refractivity contribution is -0.130. The van der Waals surface area contributed by atoms with Gasteiger partial charge in [0.1, 0.15) is 0 Å². The standard InChI is InChI=1S/C20H30N4O2S/c1-22-14-18-17(19(22)25)5-2-8-24(18)20(26)21-12-15-6-9-23(10-7-15)13-16-4-3-11-27-16/h3-4,11,15,17-18H,2,5-10,12-14H2,1H3,(H,21,26)/t17-,18-/m1/s1. The van der Waals surface area contributed by atoms with Crippen molar-refractivity contribution in [3.63, 3.8) is 0 Å². The highest BCUT2D eigenvalue weighted by molar-refractivity contribution is 7.09. The minimum absolute atomic E-state index is 0.00925. The van der Waals surface area contributed by atoms with Crippen LogP contribution in [0.1, 0.15) is 30.6 Å². The van der Waals surface area contributed by atoms with Crippen LogP contribution in [0.4, 0.5) is 4.79 Å². The number of rotatable bonds is 4. The van der Waals surface area contributed by atoms with E-state index in [0.717, 1.165) is 58.4 Å². The van der Waals surface area contributed by atoms with Crippen molar-refractivity contribution in [1.29, 1.82) is 0 Å². The fourth-order valence-corrected chi connectivity index (χ4v) is 5.53. The predicted molar refractivity (Wildman–Crippen MR) is 107 cm³/mol. The zero-order chi connectivity index (χ0) is 18.8. The SMILES string of the molecule is CN1C[C@@H]2[C@@H](CCCN2C(=O)NCC2CCN(Cc3cccs3)CC2)C1=O. The molecule has 1 N–H and O–H groups in total. The highest BCUT2D eigenvalue weighted by atomic mass is 32.1. The largest absolute Gasteiger partial charge is 0.343 e. The number of likely N-dealkylation sites (N-methyl/N-ethyl adjacent to an activating group) is 1. The van der Waals surface area contributed by atoms with Crippen LogP contribution in [0.5, 0.6) is 0 Å². The molecule has 0 bridgehead atoms. The van der Waals surface area contributed by atoms with Gasteiger partial charge in [0.25, 0.3) is 0 Å². The maximum absolute atomic E-state index is 12.7. The molecule has 0 aromatic carbocycles. The van der Waals surface area contributed by atoms with E-state index in [-0.39, 0.29) is 23.9 Å². The lowest BCUT2D eigenvalue weighted by Crippen LogP contribution is -2.53. The van der Waals surface area contributed by atoms with Crippen LogP contribution in [0.25, 0.3) is 0 Å². The molecule has 0 spiro atoms. The summed E-state index contributed by atoms with van der Waals surface area (Å²) in [6.07, 6.45) is 4.12. The molecule has 0 aliphatic carbocycles. The molecule has 6 nitrogen and oxygen atoms in total. The summed E-state index contributed by atoms with van der Waals surface area (Å²) in [4.78, 5) is 32.6. The molecule has 3 fully saturated rings. The van der Waals surface area contributed by atoms with Gasteiger partial charge in [-0.3, -0.25) is 9.69 Å². The maximum Gasteiger partial charge on any atom is 0.317 e. The van der Waals surface area contributed by atoms with Crippen LogP contribution in [0.2, 0.25) is 0 Å². The van der Waals surface area contributed by atoms with Crippen molar-refractivity contribution in [2.24, 2.45) is 11.8 Å².